The number of hydrogen-bond donors (Lipinski definition) is 1. The summed E-state index contributed by atoms with van der Waals surface area (Å²) in [6.45, 7) is 2.21. The lowest BCUT2D eigenvalue weighted by Crippen LogP contribution is -2.34. The van der Waals surface area contributed by atoms with Crippen molar-refractivity contribution >= 4 is 40.2 Å². The number of carbonyl (C=O) groups is 1. The number of nitrogens with zero attached hydrogens (tertiary/aromatic N) is 2. The maximum Gasteiger partial charge on any atom is 0.261 e. The highest BCUT2D eigenvalue weighted by atomic mass is 35.5. The molecule has 1 N–H and O–H groups in total. The van der Waals surface area contributed by atoms with E-state index in [1.54, 1.807) is 36.9 Å². The largest absolute Gasteiger partial charge is 0.354 e. The van der Waals surface area contributed by atoms with Gasteiger partial charge in [-0.15, -0.1) is 11.8 Å². The molecule has 0 unspecified atom stereocenters. The Hall–Kier alpha value is -2.31. The molecule has 0 aliphatic heterocycles. The number of carbonyl (C=O) groups excluding carboxylic acids is 1. The van der Waals surface area contributed by atoms with Crippen molar-refractivity contribution in [1.29, 1.82) is 0 Å². The van der Waals surface area contributed by atoms with Gasteiger partial charge in [-0.3, -0.25) is 14.2 Å². The number of hydrogen-bond acceptors (Lipinski definition) is 4. The van der Waals surface area contributed by atoms with Crippen LogP contribution in [0.4, 0.5) is 0 Å². The molecule has 5 nitrogen and oxygen atoms in total. The summed E-state index contributed by atoms with van der Waals surface area (Å²) < 4.78 is 1.41. The standard InChI is InChI=1S/C19H18ClN3O2S/c1-13-22-17-5-3-2-4-16(17)19(25)23(13)12-18(24)21-10-11-26-15-8-6-14(20)7-9-15/h2-9H,10-12H2,1H3,(H,21,24). The van der Waals surface area contributed by atoms with Crippen LogP contribution in [0.25, 0.3) is 10.9 Å². The topological polar surface area (TPSA) is 64.0 Å². The number of para-hydroxylation sites is 1. The fourth-order valence-electron chi connectivity index (χ4n) is 2.55. The third-order valence-electron chi connectivity index (χ3n) is 3.86. The number of fused-ring (bicyclic) bond motifs is 1. The Labute approximate surface area is 160 Å². The van der Waals surface area contributed by atoms with Crippen LogP contribution in [-0.4, -0.2) is 27.8 Å². The van der Waals surface area contributed by atoms with Gasteiger partial charge in [0.2, 0.25) is 5.91 Å². The average molecular weight is 388 g/mol. The van der Waals surface area contributed by atoms with Crippen molar-refractivity contribution in [2.24, 2.45) is 0 Å². The summed E-state index contributed by atoms with van der Waals surface area (Å²) in [4.78, 5) is 30.2. The SMILES string of the molecule is Cc1nc2ccccc2c(=O)n1CC(=O)NCCSc1ccc(Cl)cc1. The quantitative estimate of drug-likeness (QED) is 0.521. The van der Waals surface area contributed by atoms with Gasteiger partial charge in [-0.2, -0.15) is 0 Å². The van der Waals surface area contributed by atoms with Gasteiger partial charge < -0.3 is 5.32 Å². The summed E-state index contributed by atoms with van der Waals surface area (Å²) in [7, 11) is 0. The van der Waals surface area contributed by atoms with E-state index < -0.39 is 0 Å². The van der Waals surface area contributed by atoms with Gasteiger partial charge in [0.1, 0.15) is 12.4 Å². The fraction of sp³-hybridized carbons (Fsp3) is 0.211. The lowest BCUT2D eigenvalue weighted by molar-refractivity contribution is -0.121. The smallest absolute Gasteiger partial charge is 0.261 e. The number of thioether (sulfide) groups is 1. The Bertz CT molecular complexity index is 986. The molecule has 0 bridgehead atoms. The van der Waals surface area contributed by atoms with E-state index in [2.05, 4.69) is 10.3 Å². The zero-order chi connectivity index (χ0) is 18.5. The molecule has 2 aromatic carbocycles. The molecular weight excluding hydrogens is 370 g/mol. The molecule has 0 spiro atoms. The summed E-state index contributed by atoms with van der Waals surface area (Å²) in [6, 6.07) is 14.7. The summed E-state index contributed by atoms with van der Waals surface area (Å²) >= 11 is 7.49. The van der Waals surface area contributed by atoms with E-state index in [0.717, 1.165) is 10.6 Å². The fourth-order valence-corrected chi connectivity index (χ4v) is 3.45. The van der Waals surface area contributed by atoms with Gasteiger partial charge in [0.05, 0.1) is 10.9 Å². The second-order valence-electron chi connectivity index (χ2n) is 5.72. The van der Waals surface area contributed by atoms with Gasteiger partial charge in [-0.25, -0.2) is 4.98 Å². The minimum Gasteiger partial charge on any atom is -0.354 e. The molecule has 0 saturated heterocycles. The van der Waals surface area contributed by atoms with Crippen molar-refractivity contribution < 1.29 is 4.79 Å². The number of rotatable bonds is 6. The summed E-state index contributed by atoms with van der Waals surface area (Å²) in [5.41, 5.74) is 0.449. The molecule has 0 fully saturated rings. The molecule has 3 aromatic rings. The number of aromatic nitrogens is 2. The summed E-state index contributed by atoms with van der Waals surface area (Å²) in [5, 5.41) is 4.06. The number of halogens is 1. The van der Waals surface area contributed by atoms with Crippen molar-refractivity contribution in [1.82, 2.24) is 14.9 Å². The van der Waals surface area contributed by atoms with Crippen LogP contribution in [0.5, 0.6) is 0 Å². The van der Waals surface area contributed by atoms with Gasteiger partial charge in [-0.1, -0.05) is 23.7 Å². The molecule has 1 heterocycles. The second-order valence-corrected chi connectivity index (χ2v) is 7.32. The molecule has 7 heteroatoms. The predicted octanol–water partition coefficient (Wildman–Crippen LogP) is 3.27. The highest BCUT2D eigenvalue weighted by molar-refractivity contribution is 7.99. The second kappa shape index (κ2) is 8.38. The van der Waals surface area contributed by atoms with Crippen LogP contribution in [0.15, 0.2) is 58.2 Å². The Balaban J connectivity index is 1.57. The predicted molar refractivity (Wildman–Crippen MR) is 106 cm³/mol. The Morgan fingerprint density at radius 3 is 2.69 bits per heavy atom. The highest BCUT2D eigenvalue weighted by Gasteiger charge is 2.11. The van der Waals surface area contributed by atoms with E-state index in [1.807, 2.05) is 30.3 Å². The number of nitrogens with one attached hydrogen (secondary N) is 1. The van der Waals surface area contributed by atoms with E-state index in [9.17, 15) is 9.59 Å². The monoisotopic (exact) mass is 387 g/mol. The van der Waals surface area contributed by atoms with Crippen LogP contribution in [0, 0.1) is 6.92 Å². The first-order valence-corrected chi connectivity index (χ1v) is 9.52. The van der Waals surface area contributed by atoms with Crippen LogP contribution < -0.4 is 10.9 Å². The van der Waals surface area contributed by atoms with E-state index in [-0.39, 0.29) is 18.0 Å². The summed E-state index contributed by atoms with van der Waals surface area (Å²) in [5.74, 6) is 1.06. The van der Waals surface area contributed by atoms with Crippen LogP contribution in [0.1, 0.15) is 5.82 Å². The molecule has 0 atom stereocenters. The third-order valence-corrected chi connectivity index (χ3v) is 5.13. The first-order valence-electron chi connectivity index (χ1n) is 8.16. The molecule has 1 aromatic heterocycles. The maximum atomic E-state index is 12.6. The van der Waals surface area contributed by atoms with Crippen LogP contribution in [0.2, 0.25) is 5.02 Å². The molecule has 134 valence electrons. The lowest BCUT2D eigenvalue weighted by Gasteiger charge is -2.11. The van der Waals surface area contributed by atoms with E-state index >= 15 is 0 Å². The first kappa shape index (κ1) is 18.5. The molecule has 26 heavy (non-hydrogen) atoms. The van der Waals surface area contributed by atoms with Crippen LogP contribution >= 0.6 is 23.4 Å². The average Bonchev–Trinajstić information content (AvgIpc) is 2.64. The highest BCUT2D eigenvalue weighted by Crippen LogP contribution is 2.19. The van der Waals surface area contributed by atoms with Crippen molar-refractivity contribution in [2.45, 2.75) is 18.4 Å². The van der Waals surface area contributed by atoms with Gasteiger partial charge in [0.25, 0.3) is 5.56 Å². The molecule has 0 aliphatic carbocycles. The first-order chi connectivity index (χ1) is 12.5. The van der Waals surface area contributed by atoms with Crippen molar-refractivity contribution in [3.05, 3.63) is 69.7 Å². The Morgan fingerprint density at radius 1 is 1.19 bits per heavy atom. The molecule has 0 radical (unpaired) electrons. The zero-order valence-corrected chi connectivity index (χ0v) is 15.8. The minimum absolute atomic E-state index is 0.0336. The van der Waals surface area contributed by atoms with Gasteiger partial charge in [0.15, 0.2) is 0 Å². The Morgan fingerprint density at radius 2 is 1.92 bits per heavy atom. The van der Waals surface area contributed by atoms with E-state index in [1.165, 1.54) is 4.57 Å². The molecule has 0 aliphatic rings. The molecule has 3 rings (SSSR count). The third kappa shape index (κ3) is 4.45. The van der Waals surface area contributed by atoms with Crippen LogP contribution in [-0.2, 0) is 11.3 Å². The van der Waals surface area contributed by atoms with Gasteiger partial charge in [0, 0.05) is 22.2 Å². The molecule has 1 amide bonds. The van der Waals surface area contributed by atoms with Crippen molar-refractivity contribution in [3.63, 3.8) is 0 Å². The maximum absolute atomic E-state index is 12.6. The van der Waals surface area contributed by atoms with E-state index in [4.69, 9.17) is 11.6 Å². The minimum atomic E-state index is -0.205. The number of aryl methyl sites for hydroxylation is 1. The van der Waals surface area contributed by atoms with Gasteiger partial charge in [-0.05, 0) is 43.3 Å². The molecular formula is C19H18ClN3O2S. The van der Waals surface area contributed by atoms with Gasteiger partial charge >= 0.3 is 0 Å². The summed E-state index contributed by atoms with van der Waals surface area (Å²) in [6.07, 6.45) is 0. The van der Waals surface area contributed by atoms with Crippen molar-refractivity contribution in [2.75, 3.05) is 12.3 Å². The zero-order valence-electron chi connectivity index (χ0n) is 14.2. The van der Waals surface area contributed by atoms with Crippen molar-refractivity contribution in [3.8, 4) is 0 Å². The normalized spacial score (nSPS) is 10.8. The number of amides is 1. The van der Waals surface area contributed by atoms with E-state index in [0.29, 0.717) is 28.3 Å². The lowest BCUT2D eigenvalue weighted by atomic mass is 10.2. The molecule has 0 saturated carbocycles. The van der Waals surface area contributed by atoms with Crippen LogP contribution in [0.3, 0.4) is 0 Å². The number of benzene rings is 2. The Kier molecular flexibility index (Phi) is 5.96.